The Balaban J connectivity index is 1.16. The van der Waals surface area contributed by atoms with Gasteiger partial charge in [-0.25, -0.2) is 4.98 Å². The van der Waals surface area contributed by atoms with E-state index in [2.05, 4.69) is 34.6 Å². The van der Waals surface area contributed by atoms with E-state index in [0.29, 0.717) is 30.4 Å². The summed E-state index contributed by atoms with van der Waals surface area (Å²) < 4.78 is 8.40. The molecule has 5 rings (SSSR count). The number of hydrogen-bond acceptors (Lipinski definition) is 4. The number of likely N-dealkylation sites (tertiary alicyclic amines) is 1. The Morgan fingerprint density at radius 3 is 2.66 bits per heavy atom. The molecule has 2 unspecified atom stereocenters. The van der Waals surface area contributed by atoms with Crippen LogP contribution in [0.5, 0.6) is 5.75 Å². The summed E-state index contributed by atoms with van der Waals surface area (Å²) >= 11 is 6.03. The van der Waals surface area contributed by atoms with Gasteiger partial charge in [0.15, 0.2) is 0 Å². The summed E-state index contributed by atoms with van der Waals surface area (Å²) in [5.74, 6) is 1.31. The van der Waals surface area contributed by atoms with Gasteiger partial charge in [0.2, 0.25) is 0 Å². The lowest BCUT2D eigenvalue weighted by Gasteiger charge is -2.33. The van der Waals surface area contributed by atoms with E-state index in [1.54, 1.807) is 0 Å². The number of nitrogens with zero attached hydrogens (tertiary/aromatic N) is 3. The van der Waals surface area contributed by atoms with Gasteiger partial charge in [-0.05, 0) is 106 Å². The molecule has 1 saturated heterocycles. The molecule has 2 heterocycles. The molecule has 1 aliphatic heterocycles. The standard InChI is InChI=1S/C34H40ClN3O3/c1-25-8-5-13-31-33(25)36-32(24-41-30-16-14-29(35)15-17-30)38(31)20-7-12-27-11-6-19-37(23-27)21-18-28(34(39)40)22-26-9-3-2-4-10-26/h2-5,8-10,13-17,27-28H,6-7,11-12,18-24H2,1H3,(H,39,40). The number of aryl methyl sites for hydroxylation is 2. The van der Waals surface area contributed by atoms with Crippen LogP contribution < -0.4 is 4.74 Å². The average Bonchev–Trinajstić information content (AvgIpc) is 3.34. The molecule has 2 atom stereocenters. The van der Waals surface area contributed by atoms with Gasteiger partial charge in [0.25, 0.3) is 0 Å². The Bertz CT molecular complexity index is 1420. The maximum absolute atomic E-state index is 11.9. The molecule has 1 aromatic heterocycles. The monoisotopic (exact) mass is 573 g/mol. The Labute approximate surface area is 247 Å². The quantitative estimate of drug-likeness (QED) is 0.180. The normalized spacial score (nSPS) is 16.6. The Hall–Kier alpha value is -3.35. The lowest BCUT2D eigenvalue weighted by atomic mass is 9.92. The third-order valence-corrected chi connectivity index (χ3v) is 8.56. The minimum Gasteiger partial charge on any atom is -0.486 e. The summed E-state index contributed by atoms with van der Waals surface area (Å²) in [6.07, 6.45) is 5.90. The number of fused-ring (bicyclic) bond motifs is 1. The highest BCUT2D eigenvalue weighted by molar-refractivity contribution is 6.30. The first kappa shape index (κ1) is 29.2. The summed E-state index contributed by atoms with van der Waals surface area (Å²) in [6.45, 7) is 6.36. The van der Waals surface area contributed by atoms with Gasteiger partial charge in [-0.3, -0.25) is 4.79 Å². The van der Waals surface area contributed by atoms with Gasteiger partial charge in [0.05, 0.1) is 17.0 Å². The predicted molar refractivity (Wildman–Crippen MR) is 165 cm³/mol. The number of para-hydroxylation sites is 1. The highest BCUT2D eigenvalue weighted by Crippen LogP contribution is 2.26. The van der Waals surface area contributed by atoms with Crippen molar-refractivity contribution in [1.82, 2.24) is 14.5 Å². The molecule has 3 aromatic carbocycles. The number of piperidine rings is 1. The fourth-order valence-electron chi connectivity index (χ4n) is 6.05. The fourth-order valence-corrected chi connectivity index (χ4v) is 6.18. The smallest absolute Gasteiger partial charge is 0.306 e. The van der Waals surface area contributed by atoms with E-state index >= 15 is 0 Å². The summed E-state index contributed by atoms with van der Waals surface area (Å²) in [4.78, 5) is 19.4. The van der Waals surface area contributed by atoms with Crippen LogP contribution in [0.15, 0.2) is 72.8 Å². The Kier molecular flexibility index (Phi) is 9.97. The van der Waals surface area contributed by atoms with Crippen molar-refractivity contribution in [3.63, 3.8) is 0 Å². The zero-order chi connectivity index (χ0) is 28.6. The highest BCUT2D eigenvalue weighted by atomic mass is 35.5. The minimum atomic E-state index is -0.693. The van der Waals surface area contributed by atoms with E-state index in [9.17, 15) is 9.90 Å². The first-order chi connectivity index (χ1) is 20.0. The molecule has 7 heteroatoms. The maximum Gasteiger partial charge on any atom is 0.306 e. The average molecular weight is 574 g/mol. The topological polar surface area (TPSA) is 67.6 Å². The molecule has 0 radical (unpaired) electrons. The van der Waals surface area contributed by atoms with Crippen molar-refractivity contribution >= 4 is 28.6 Å². The van der Waals surface area contributed by atoms with Crippen molar-refractivity contribution < 1.29 is 14.6 Å². The number of carbonyl (C=O) groups is 1. The van der Waals surface area contributed by atoms with Crippen molar-refractivity contribution in [1.29, 1.82) is 0 Å². The number of ether oxygens (including phenoxy) is 1. The third-order valence-electron chi connectivity index (χ3n) is 8.31. The van der Waals surface area contributed by atoms with Crippen LogP contribution in [0.4, 0.5) is 0 Å². The largest absolute Gasteiger partial charge is 0.486 e. The number of aromatic nitrogens is 2. The molecular weight excluding hydrogens is 534 g/mol. The second-order valence-electron chi connectivity index (χ2n) is 11.3. The molecule has 4 aromatic rings. The van der Waals surface area contributed by atoms with Crippen molar-refractivity contribution in [3.8, 4) is 5.75 Å². The molecule has 6 nitrogen and oxygen atoms in total. The summed E-state index contributed by atoms with van der Waals surface area (Å²) in [7, 11) is 0. The maximum atomic E-state index is 11.9. The molecule has 1 aliphatic rings. The zero-order valence-electron chi connectivity index (χ0n) is 23.8. The van der Waals surface area contributed by atoms with Crippen LogP contribution in [-0.2, 0) is 24.4 Å². The Morgan fingerprint density at radius 2 is 1.88 bits per heavy atom. The van der Waals surface area contributed by atoms with Crippen molar-refractivity contribution in [2.45, 2.75) is 58.6 Å². The van der Waals surface area contributed by atoms with Crippen LogP contribution in [-0.4, -0.2) is 45.2 Å². The van der Waals surface area contributed by atoms with E-state index in [0.717, 1.165) is 67.2 Å². The second-order valence-corrected chi connectivity index (χ2v) is 11.8. The van der Waals surface area contributed by atoms with Gasteiger partial charge in [-0.2, -0.15) is 0 Å². The number of carboxylic acid groups (broad SMARTS) is 1. The van der Waals surface area contributed by atoms with Crippen LogP contribution in [0.1, 0.15) is 49.1 Å². The molecule has 0 bridgehead atoms. The number of hydrogen-bond donors (Lipinski definition) is 1. The van der Waals surface area contributed by atoms with Gasteiger partial charge < -0.3 is 19.3 Å². The zero-order valence-corrected chi connectivity index (χ0v) is 24.6. The van der Waals surface area contributed by atoms with Gasteiger partial charge >= 0.3 is 5.97 Å². The number of carboxylic acids is 1. The summed E-state index contributed by atoms with van der Waals surface area (Å²) in [5, 5.41) is 10.5. The van der Waals surface area contributed by atoms with Gasteiger partial charge in [0.1, 0.15) is 18.2 Å². The van der Waals surface area contributed by atoms with Crippen molar-refractivity contribution in [3.05, 3.63) is 94.8 Å². The van der Waals surface area contributed by atoms with E-state index < -0.39 is 5.97 Å². The molecule has 216 valence electrons. The van der Waals surface area contributed by atoms with Gasteiger partial charge in [0, 0.05) is 18.1 Å². The molecule has 0 aliphatic carbocycles. The van der Waals surface area contributed by atoms with Crippen LogP contribution in [0.2, 0.25) is 5.02 Å². The lowest BCUT2D eigenvalue weighted by molar-refractivity contribution is -0.142. The van der Waals surface area contributed by atoms with Crippen LogP contribution in [0, 0.1) is 18.8 Å². The molecule has 0 amide bonds. The SMILES string of the molecule is Cc1cccc2c1nc(COc1ccc(Cl)cc1)n2CCCC1CCCN(CCC(Cc2ccccc2)C(=O)O)C1. The first-order valence-corrected chi connectivity index (χ1v) is 15.2. The van der Waals surface area contributed by atoms with Crippen LogP contribution in [0.3, 0.4) is 0 Å². The molecular formula is C34H40ClN3O3. The molecule has 0 saturated carbocycles. The van der Waals surface area contributed by atoms with Gasteiger partial charge in [-0.1, -0.05) is 54.1 Å². The molecule has 1 N–H and O–H groups in total. The van der Waals surface area contributed by atoms with Gasteiger partial charge in [-0.15, -0.1) is 0 Å². The van der Waals surface area contributed by atoms with Crippen LogP contribution >= 0.6 is 11.6 Å². The predicted octanol–water partition coefficient (Wildman–Crippen LogP) is 7.40. The van der Waals surface area contributed by atoms with Crippen molar-refractivity contribution in [2.24, 2.45) is 11.8 Å². The third kappa shape index (κ3) is 7.90. The van der Waals surface area contributed by atoms with E-state index in [4.69, 9.17) is 21.3 Å². The van der Waals surface area contributed by atoms with E-state index in [1.165, 1.54) is 18.4 Å². The number of rotatable bonds is 13. The first-order valence-electron chi connectivity index (χ1n) is 14.8. The van der Waals surface area contributed by atoms with Crippen molar-refractivity contribution in [2.75, 3.05) is 19.6 Å². The second kappa shape index (κ2) is 14.0. The molecule has 0 spiro atoms. The summed E-state index contributed by atoms with van der Waals surface area (Å²) in [5.41, 5.74) is 4.46. The molecule has 41 heavy (non-hydrogen) atoms. The number of aliphatic carboxylic acids is 1. The number of halogens is 1. The van der Waals surface area contributed by atoms with E-state index in [1.807, 2.05) is 54.6 Å². The fraction of sp³-hybridized carbons (Fsp3) is 0.412. The van der Waals surface area contributed by atoms with E-state index in [-0.39, 0.29) is 5.92 Å². The molecule has 1 fully saturated rings. The Morgan fingerprint density at radius 1 is 1.07 bits per heavy atom. The number of imidazole rings is 1. The highest BCUT2D eigenvalue weighted by Gasteiger charge is 2.23. The minimum absolute atomic E-state index is 0.343. The summed E-state index contributed by atoms with van der Waals surface area (Å²) in [6, 6.07) is 23.8. The number of benzene rings is 3. The van der Waals surface area contributed by atoms with Crippen LogP contribution in [0.25, 0.3) is 11.0 Å². The lowest BCUT2D eigenvalue weighted by Crippen LogP contribution is -2.37.